The number of H-pyrrole nitrogens is 1. The zero-order valence-electron chi connectivity index (χ0n) is 17.3. The third kappa shape index (κ3) is 4.35. The van der Waals surface area contributed by atoms with Crippen molar-refractivity contribution in [2.24, 2.45) is 5.92 Å². The van der Waals surface area contributed by atoms with Gasteiger partial charge in [0, 0.05) is 18.7 Å². The molecule has 28 heavy (non-hydrogen) atoms. The van der Waals surface area contributed by atoms with Crippen LogP contribution in [0.2, 0.25) is 0 Å². The third-order valence-corrected chi connectivity index (χ3v) is 4.85. The van der Waals surface area contributed by atoms with Gasteiger partial charge in [-0.1, -0.05) is 39.3 Å². The van der Waals surface area contributed by atoms with Crippen molar-refractivity contribution in [2.45, 2.75) is 54.0 Å². The molecular weight excluding hydrogens is 356 g/mol. The number of nitrogens with two attached hydrogens (primary N) is 1. The zero-order valence-corrected chi connectivity index (χ0v) is 17.3. The second-order valence-electron chi connectivity index (χ2n) is 7.56. The summed E-state index contributed by atoms with van der Waals surface area (Å²) in [5.74, 6) is -0.114. The van der Waals surface area contributed by atoms with E-state index in [-0.39, 0.29) is 23.3 Å². The lowest BCUT2D eigenvalue weighted by Gasteiger charge is -2.25. The standard InChI is InChI=1S/C21H30N4O3/c1-6-7-11-24(20(27)16-10-8-9-14(4)15(16)5)17-18(22)25(12-13(2)3)21(28)23-19(17)26/h8-10,13H,6-7,11-12,22H2,1-5H3,(H,23,26,28). The third-order valence-electron chi connectivity index (χ3n) is 4.85. The van der Waals surface area contributed by atoms with E-state index < -0.39 is 11.2 Å². The average Bonchev–Trinajstić information content (AvgIpc) is 2.62. The number of carbonyl (C=O) groups excluding carboxylic acids is 1. The molecule has 152 valence electrons. The van der Waals surface area contributed by atoms with E-state index in [1.807, 2.05) is 46.8 Å². The number of rotatable bonds is 7. The Bertz CT molecular complexity index is 973. The maximum atomic E-state index is 13.4. The first kappa shape index (κ1) is 21.5. The summed E-state index contributed by atoms with van der Waals surface area (Å²) in [5.41, 5.74) is 7.46. The highest BCUT2D eigenvalue weighted by atomic mass is 16.2. The number of nitrogens with zero attached hydrogens (tertiary/aromatic N) is 2. The first-order valence-corrected chi connectivity index (χ1v) is 9.69. The van der Waals surface area contributed by atoms with Crippen molar-refractivity contribution in [2.75, 3.05) is 17.2 Å². The number of hydrogen-bond donors (Lipinski definition) is 2. The Morgan fingerprint density at radius 3 is 2.54 bits per heavy atom. The molecule has 0 unspecified atom stereocenters. The van der Waals surface area contributed by atoms with E-state index >= 15 is 0 Å². The Morgan fingerprint density at radius 1 is 1.25 bits per heavy atom. The van der Waals surface area contributed by atoms with Gasteiger partial charge in [-0.05, 0) is 43.4 Å². The van der Waals surface area contributed by atoms with Gasteiger partial charge in [0.15, 0.2) is 5.69 Å². The van der Waals surface area contributed by atoms with Gasteiger partial charge in [0.25, 0.3) is 11.5 Å². The van der Waals surface area contributed by atoms with E-state index in [1.54, 1.807) is 6.07 Å². The molecule has 0 atom stereocenters. The molecule has 0 spiro atoms. The van der Waals surface area contributed by atoms with E-state index in [2.05, 4.69) is 4.98 Å². The van der Waals surface area contributed by atoms with Gasteiger partial charge >= 0.3 is 5.69 Å². The highest BCUT2D eigenvalue weighted by Gasteiger charge is 2.26. The first-order valence-electron chi connectivity index (χ1n) is 9.69. The van der Waals surface area contributed by atoms with Crippen LogP contribution in [-0.2, 0) is 6.54 Å². The smallest absolute Gasteiger partial charge is 0.330 e. The number of nitrogen functional groups attached to an aromatic ring is 1. The van der Waals surface area contributed by atoms with Gasteiger partial charge in [-0.15, -0.1) is 0 Å². The Kier molecular flexibility index (Phi) is 6.83. The summed E-state index contributed by atoms with van der Waals surface area (Å²) in [6, 6.07) is 5.51. The zero-order chi connectivity index (χ0) is 21.0. The summed E-state index contributed by atoms with van der Waals surface area (Å²) in [5, 5.41) is 0. The normalized spacial score (nSPS) is 11.1. The van der Waals surface area contributed by atoms with E-state index in [0.29, 0.717) is 25.1 Å². The molecule has 0 bridgehead atoms. The van der Waals surface area contributed by atoms with Crippen molar-refractivity contribution in [3.8, 4) is 0 Å². The second-order valence-corrected chi connectivity index (χ2v) is 7.56. The number of unbranched alkanes of at least 4 members (excludes halogenated alkanes) is 1. The Hall–Kier alpha value is -2.83. The van der Waals surface area contributed by atoms with Crippen molar-refractivity contribution in [1.82, 2.24) is 9.55 Å². The Balaban J connectivity index is 2.66. The number of nitrogens with one attached hydrogen (secondary N) is 1. The van der Waals surface area contributed by atoms with Gasteiger partial charge in [-0.2, -0.15) is 0 Å². The molecule has 0 fully saturated rings. The van der Waals surface area contributed by atoms with Crippen LogP contribution in [0.1, 0.15) is 55.1 Å². The molecule has 0 aliphatic heterocycles. The molecule has 0 aliphatic carbocycles. The molecule has 0 aliphatic rings. The molecule has 1 amide bonds. The average molecular weight is 386 g/mol. The van der Waals surface area contributed by atoms with E-state index in [9.17, 15) is 14.4 Å². The number of benzene rings is 1. The summed E-state index contributed by atoms with van der Waals surface area (Å²) in [7, 11) is 0. The minimum atomic E-state index is -0.641. The van der Waals surface area contributed by atoms with Crippen molar-refractivity contribution in [3.63, 3.8) is 0 Å². The van der Waals surface area contributed by atoms with Gasteiger partial charge in [0.1, 0.15) is 5.82 Å². The maximum absolute atomic E-state index is 13.4. The number of hydrogen-bond acceptors (Lipinski definition) is 4. The van der Waals surface area contributed by atoms with Gasteiger partial charge in [0.2, 0.25) is 0 Å². The predicted octanol–water partition coefficient (Wildman–Crippen LogP) is 2.84. The van der Waals surface area contributed by atoms with Crippen molar-refractivity contribution >= 4 is 17.4 Å². The summed E-state index contributed by atoms with van der Waals surface area (Å²) in [6.45, 7) is 10.4. The molecule has 1 heterocycles. The van der Waals surface area contributed by atoms with Crippen LogP contribution >= 0.6 is 0 Å². The van der Waals surface area contributed by atoms with Crippen LogP contribution < -0.4 is 21.9 Å². The number of carbonyl (C=O) groups is 1. The van der Waals surface area contributed by atoms with Crippen molar-refractivity contribution in [3.05, 3.63) is 55.7 Å². The summed E-state index contributed by atoms with van der Waals surface area (Å²) in [4.78, 5) is 42.0. The van der Waals surface area contributed by atoms with Crippen molar-refractivity contribution < 1.29 is 4.79 Å². The van der Waals surface area contributed by atoms with E-state index in [0.717, 1.165) is 17.5 Å². The van der Waals surface area contributed by atoms with Crippen LogP contribution in [0, 0.1) is 19.8 Å². The molecule has 7 heteroatoms. The highest BCUT2D eigenvalue weighted by molar-refractivity contribution is 6.08. The minimum absolute atomic E-state index is 0.0252. The topological polar surface area (TPSA) is 101 Å². The fourth-order valence-corrected chi connectivity index (χ4v) is 3.14. The van der Waals surface area contributed by atoms with Gasteiger partial charge in [0.05, 0.1) is 0 Å². The number of amides is 1. The number of anilines is 2. The molecule has 1 aromatic heterocycles. The lowest BCUT2D eigenvalue weighted by atomic mass is 10.0. The predicted molar refractivity (Wildman–Crippen MR) is 113 cm³/mol. The largest absolute Gasteiger partial charge is 0.383 e. The molecule has 1 aromatic carbocycles. The molecular formula is C21H30N4O3. The van der Waals surface area contributed by atoms with E-state index in [1.165, 1.54) is 9.47 Å². The van der Waals surface area contributed by atoms with Crippen LogP contribution in [0.25, 0.3) is 0 Å². The fourth-order valence-electron chi connectivity index (χ4n) is 3.14. The number of aromatic nitrogens is 2. The summed E-state index contributed by atoms with van der Waals surface area (Å²) < 4.78 is 1.33. The summed E-state index contributed by atoms with van der Waals surface area (Å²) in [6.07, 6.45) is 1.55. The van der Waals surface area contributed by atoms with Crippen LogP contribution in [0.4, 0.5) is 11.5 Å². The van der Waals surface area contributed by atoms with Gasteiger partial charge in [-0.25, -0.2) is 4.79 Å². The van der Waals surface area contributed by atoms with Crippen LogP contribution in [0.3, 0.4) is 0 Å². The quantitative estimate of drug-likeness (QED) is 0.764. The molecule has 0 saturated carbocycles. The van der Waals surface area contributed by atoms with Crippen LogP contribution in [0.5, 0.6) is 0 Å². The Morgan fingerprint density at radius 2 is 1.93 bits per heavy atom. The second kappa shape index (κ2) is 8.91. The van der Waals surface area contributed by atoms with E-state index in [4.69, 9.17) is 5.73 Å². The molecule has 0 radical (unpaired) electrons. The van der Waals surface area contributed by atoms with Gasteiger partial charge in [-0.3, -0.25) is 19.1 Å². The molecule has 7 nitrogen and oxygen atoms in total. The Labute approximate surface area is 165 Å². The first-order chi connectivity index (χ1) is 13.2. The number of aryl methyl sites for hydroxylation is 1. The molecule has 2 aromatic rings. The maximum Gasteiger partial charge on any atom is 0.330 e. The van der Waals surface area contributed by atoms with Crippen LogP contribution in [0.15, 0.2) is 27.8 Å². The SMILES string of the molecule is CCCCN(C(=O)c1cccc(C)c1C)c1c(N)n(CC(C)C)c(=O)[nH]c1=O. The lowest BCUT2D eigenvalue weighted by Crippen LogP contribution is -2.42. The fraction of sp³-hybridized carbons (Fsp3) is 0.476. The monoisotopic (exact) mass is 386 g/mol. The van der Waals surface area contributed by atoms with Gasteiger partial charge < -0.3 is 10.6 Å². The van der Waals surface area contributed by atoms with Crippen molar-refractivity contribution in [1.29, 1.82) is 0 Å². The molecule has 2 rings (SSSR count). The highest BCUT2D eigenvalue weighted by Crippen LogP contribution is 2.23. The molecule has 0 saturated heterocycles. The number of aromatic amines is 1. The summed E-state index contributed by atoms with van der Waals surface area (Å²) >= 11 is 0. The minimum Gasteiger partial charge on any atom is -0.383 e. The molecule has 3 N–H and O–H groups in total. The lowest BCUT2D eigenvalue weighted by molar-refractivity contribution is 0.0985. The van der Waals surface area contributed by atoms with Crippen LogP contribution in [-0.4, -0.2) is 22.0 Å².